The van der Waals surface area contributed by atoms with Gasteiger partial charge in [0.25, 0.3) is 0 Å². The molecule has 0 fully saturated rings. The molecule has 20 heavy (non-hydrogen) atoms. The predicted octanol–water partition coefficient (Wildman–Crippen LogP) is 2.73. The van der Waals surface area contributed by atoms with Gasteiger partial charge in [0, 0.05) is 36.5 Å². The first-order chi connectivity index (χ1) is 9.70. The van der Waals surface area contributed by atoms with Gasteiger partial charge in [0.15, 0.2) is 0 Å². The van der Waals surface area contributed by atoms with Crippen LogP contribution in [0.1, 0.15) is 24.1 Å². The van der Waals surface area contributed by atoms with Crippen molar-refractivity contribution in [1.29, 1.82) is 0 Å². The monoisotopic (exact) mass is 272 g/mol. The molecule has 0 saturated heterocycles. The highest BCUT2D eigenvalue weighted by Gasteiger charge is 2.09. The molecule has 0 amide bonds. The van der Waals surface area contributed by atoms with E-state index in [1.807, 2.05) is 37.3 Å². The number of benzene rings is 1. The Kier molecular flexibility index (Phi) is 4.96. The highest BCUT2D eigenvalue weighted by molar-refractivity contribution is 5.42. The minimum absolute atomic E-state index is 0.0724. The number of aromatic nitrogens is 1. The minimum Gasteiger partial charge on any atom is -0.497 e. The van der Waals surface area contributed by atoms with Gasteiger partial charge in [-0.25, -0.2) is 0 Å². The Morgan fingerprint density at radius 3 is 2.60 bits per heavy atom. The van der Waals surface area contributed by atoms with E-state index in [9.17, 15) is 0 Å². The molecule has 106 valence electrons. The number of rotatable bonds is 6. The Labute approximate surface area is 119 Å². The molecular formula is C16H20N2O2. The summed E-state index contributed by atoms with van der Waals surface area (Å²) in [5.74, 6) is 1.56. The average molecular weight is 272 g/mol. The molecular weight excluding hydrogens is 252 g/mol. The first-order valence-electron chi connectivity index (χ1n) is 6.66. The van der Waals surface area contributed by atoms with Gasteiger partial charge in [-0.2, -0.15) is 0 Å². The number of ether oxygens (including phenoxy) is 2. The van der Waals surface area contributed by atoms with Gasteiger partial charge >= 0.3 is 0 Å². The van der Waals surface area contributed by atoms with Crippen LogP contribution in [0.15, 0.2) is 42.7 Å². The van der Waals surface area contributed by atoms with Crippen molar-refractivity contribution in [2.24, 2.45) is 5.73 Å². The molecule has 0 radical (unpaired) electrons. The quantitative estimate of drug-likeness (QED) is 0.878. The summed E-state index contributed by atoms with van der Waals surface area (Å²) in [7, 11) is 1.64. The van der Waals surface area contributed by atoms with Crippen LogP contribution in [0.4, 0.5) is 0 Å². The lowest BCUT2D eigenvalue weighted by Crippen LogP contribution is -2.09. The van der Waals surface area contributed by atoms with Crippen LogP contribution in [0, 0.1) is 0 Å². The zero-order chi connectivity index (χ0) is 14.4. The van der Waals surface area contributed by atoms with E-state index in [-0.39, 0.29) is 6.04 Å². The molecule has 1 aromatic heterocycles. The van der Waals surface area contributed by atoms with Crippen LogP contribution in [-0.4, -0.2) is 18.7 Å². The number of methoxy groups -OCH3 is 1. The maximum absolute atomic E-state index is 5.96. The molecule has 0 spiro atoms. The summed E-state index contributed by atoms with van der Waals surface area (Å²) in [6.45, 7) is 2.54. The highest BCUT2D eigenvalue weighted by Crippen LogP contribution is 2.28. The molecule has 0 aliphatic carbocycles. The third kappa shape index (κ3) is 3.71. The molecule has 0 aliphatic heterocycles. The Balaban J connectivity index is 2.04. The van der Waals surface area contributed by atoms with Gasteiger partial charge in [0.2, 0.25) is 0 Å². The van der Waals surface area contributed by atoms with Crippen molar-refractivity contribution in [2.45, 2.75) is 19.4 Å². The number of nitrogens with two attached hydrogens (primary N) is 1. The molecule has 1 aromatic carbocycles. The molecule has 0 unspecified atom stereocenters. The molecule has 1 heterocycles. The van der Waals surface area contributed by atoms with E-state index >= 15 is 0 Å². The summed E-state index contributed by atoms with van der Waals surface area (Å²) in [6, 6.07) is 9.63. The van der Waals surface area contributed by atoms with Crippen LogP contribution >= 0.6 is 0 Å². The fourth-order valence-electron chi connectivity index (χ4n) is 1.97. The largest absolute Gasteiger partial charge is 0.497 e. The van der Waals surface area contributed by atoms with E-state index in [2.05, 4.69) is 4.98 Å². The van der Waals surface area contributed by atoms with Gasteiger partial charge in [-0.15, -0.1) is 0 Å². The third-order valence-corrected chi connectivity index (χ3v) is 3.11. The lowest BCUT2D eigenvalue weighted by atomic mass is 10.1. The van der Waals surface area contributed by atoms with Crippen molar-refractivity contribution in [3.8, 4) is 11.5 Å². The topological polar surface area (TPSA) is 57.4 Å². The maximum Gasteiger partial charge on any atom is 0.127 e. The summed E-state index contributed by atoms with van der Waals surface area (Å²) in [5.41, 5.74) is 8.15. The molecule has 0 saturated carbocycles. The summed E-state index contributed by atoms with van der Waals surface area (Å²) in [6.07, 6.45) is 4.40. The lowest BCUT2D eigenvalue weighted by Gasteiger charge is -2.15. The van der Waals surface area contributed by atoms with Gasteiger partial charge < -0.3 is 15.2 Å². The maximum atomic E-state index is 5.96. The number of hydrogen-bond donors (Lipinski definition) is 1. The lowest BCUT2D eigenvalue weighted by molar-refractivity contribution is 0.314. The molecule has 2 rings (SSSR count). The molecule has 1 atom stereocenters. The second-order valence-corrected chi connectivity index (χ2v) is 4.65. The summed E-state index contributed by atoms with van der Waals surface area (Å²) >= 11 is 0. The van der Waals surface area contributed by atoms with E-state index in [0.29, 0.717) is 6.61 Å². The third-order valence-electron chi connectivity index (χ3n) is 3.11. The minimum atomic E-state index is -0.0724. The van der Waals surface area contributed by atoms with Crippen LogP contribution in [-0.2, 0) is 6.42 Å². The smallest absolute Gasteiger partial charge is 0.127 e. The number of pyridine rings is 1. The summed E-state index contributed by atoms with van der Waals surface area (Å²) in [5, 5.41) is 0. The standard InChI is InChI=1S/C16H20N2O2/c1-12(17)15-4-3-14(19-2)11-16(15)20-10-7-13-5-8-18-9-6-13/h3-6,8-9,11-12H,7,10,17H2,1-2H3/t12-/m1/s1. The van der Waals surface area contributed by atoms with Crippen molar-refractivity contribution in [1.82, 2.24) is 4.98 Å². The van der Waals surface area contributed by atoms with Gasteiger partial charge in [-0.05, 0) is 30.7 Å². The van der Waals surface area contributed by atoms with Crippen molar-refractivity contribution in [2.75, 3.05) is 13.7 Å². The van der Waals surface area contributed by atoms with E-state index in [4.69, 9.17) is 15.2 Å². The van der Waals surface area contributed by atoms with Crippen LogP contribution < -0.4 is 15.2 Å². The van der Waals surface area contributed by atoms with Crippen molar-refractivity contribution in [3.05, 3.63) is 53.9 Å². The summed E-state index contributed by atoms with van der Waals surface area (Å²) < 4.78 is 11.1. The number of nitrogens with zero attached hydrogens (tertiary/aromatic N) is 1. The Hall–Kier alpha value is -2.07. The van der Waals surface area contributed by atoms with Crippen molar-refractivity contribution < 1.29 is 9.47 Å². The number of hydrogen-bond acceptors (Lipinski definition) is 4. The zero-order valence-corrected chi connectivity index (χ0v) is 11.9. The fourth-order valence-corrected chi connectivity index (χ4v) is 1.97. The van der Waals surface area contributed by atoms with E-state index in [1.165, 1.54) is 5.56 Å². The first kappa shape index (κ1) is 14.3. The van der Waals surface area contributed by atoms with Crippen molar-refractivity contribution >= 4 is 0 Å². The second kappa shape index (κ2) is 6.91. The van der Waals surface area contributed by atoms with Gasteiger partial charge in [-0.1, -0.05) is 6.07 Å². The molecule has 4 heteroatoms. The van der Waals surface area contributed by atoms with E-state index in [1.54, 1.807) is 19.5 Å². The van der Waals surface area contributed by atoms with E-state index < -0.39 is 0 Å². The van der Waals surface area contributed by atoms with Crippen LogP contribution in [0.25, 0.3) is 0 Å². The first-order valence-corrected chi connectivity index (χ1v) is 6.66. The molecule has 2 N–H and O–H groups in total. The van der Waals surface area contributed by atoms with Gasteiger partial charge in [0.1, 0.15) is 11.5 Å². The molecule has 2 aromatic rings. The normalized spacial score (nSPS) is 11.9. The predicted molar refractivity (Wildman–Crippen MR) is 79.0 cm³/mol. The average Bonchev–Trinajstić information content (AvgIpc) is 2.48. The van der Waals surface area contributed by atoms with Crippen LogP contribution in [0.5, 0.6) is 11.5 Å². The Morgan fingerprint density at radius 1 is 1.20 bits per heavy atom. The highest BCUT2D eigenvalue weighted by atomic mass is 16.5. The van der Waals surface area contributed by atoms with Gasteiger partial charge in [0.05, 0.1) is 13.7 Å². The summed E-state index contributed by atoms with van der Waals surface area (Å²) in [4.78, 5) is 4.00. The fraction of sp³-hybridized carbons (Fsp3) is 0.312. The zero-order valence-electron chi connectivity index (χ0n) is 11.9. The SMILES string of the molecule is COc1ccc([C@@H](C)N)c(OCCc2ccncc2)c1. The molecule has 0 bridgehead atoms. The van der Waals surface area contributed by atoms with E-state index in [0.717, 1.165) is 23.5 Å². The van der Waals surface area contributed by atoms with Crippen LogP contribution in [0.3, 0.4) is 0 Å². The van der Waals surface area contributed by atoms with Gasteiger partial charge in [-0.3, -0.25) is 4.98 Å². The second-order valence-electron chi connectivity index (χ2n) is 4.65. The van der Waals surface area contributed by atoms with Crippen LogP contribution in [0.2, 0.25) is 0 Å². The molecule has 0 aliphatic rings. The molecule has 4 nitrogen and oxygen atoms in total. The Bertz CT molecular complexity index is 541. The van der Waals surface area contributed by atoms with Crippen molar-refractivity contribution in [3.63, 3.8) is 0 Å². The Morgan fingerprint density at radius 2 is 1.95 bits per heavy atom.